The summed E-state index contributed by atoms with van der Waals surface area (Å²) in [6, 6.07) is 3.96. The third-order valence-electron chi connectivity index (χ3n) is 7.00. The van der Waals surface area contributed by atoms with Gasteiger partial charge in [-0.05, 0) is 95.3 Å². The fraction of sp³-hybridized carbons (Fsp3) is 0.632. The van der Waals surface area contributed by atoms with Gasteiger partial charge in [0.1, 0.15) is 11.4 Å². The van der Waals surface area contributed by atoms with Crippen LogP contribution in [0.25, 0.3) is 0 Å². The number of hydrogen-bond donors (Lipinski definition) is 1. The first-order chi connectivity index (χ1) is 14.4. The molecule has 31 heavy (non-hydrogen) atoms. The maximum absolute atomic E-state index is 13.8. The van der Waals surface area contributed by atoms with Gasteiger partial charge in [-0.15, -0.1) is 0 Å². The second kappa shape index (κ2) is 7.09. The van der Waals surface area contributed by atoms with E-state index in [1.54, 1.807) is 0 Å². The molecule has 1 aromatic rings. The highest BCUT2D eigenvalue weighted by Crippen LogP contribution is 2.64. The maximum Gasteiger partial charge on any atom is 0.465 e. The number of alkyl halides is 2. The lowest BCUT2D eigenvalue weighted by Gasteiger charge is -2.63. The molecule has 1 heterocycles. The molecule has 2 unspecified atom stereocenters. The molecule has 2 atom stereocenters. The Morgan fingerprint density at radius 3 is 2.39 bits per heavy atom. The molecule has 4 bridgehead atoms. The first kappa shape index (κ1) is 22.5. The molecule has 1 aromatic carbocycles. The zero-order chi connectivity index (χ0) is 22.4. The van der Waals surface area contributed by atoms with E-state index < -0.39 is 32.7 Å². The number of rotatable bonds is 3. The van der Waals surface area contributed by atoms with Crippen LogP contribution >= 0.6 is 45.2 Å². The molecule has 0 amide bonds. The standard InChI is InChI=1S/C19H18F2I2O7S/c20-19(21,31(25,26)27)16(24)30-17-5-9-3-10(6-17)18(11(4-9)7-17)28-8-12-13(22)1-2-14(23)15(12)29-18/h1-2,9-11H,3-8H2,(H,25,26,27). The molecular formula is C19H18F2I2O7S. The third-order valence-corrected chi connectivity index (χ3v) is 9.68. The lowest BCUT2D eigenvalue weighted by atomic mass is 9.51. The fourth-order valence-electron chi connectivity index (χ4n) is 5.94. The Morgan fingerprint density at radius 1 is 1.16 bits per heavy atom. The molecule has 4 aliphatic carbocycles. The molecular weight excluding hydrogens is 664 g/mol. The van der Waals surface area contributed by atoms with Gasteiger partial charge in [0, 0.05) is 21.0 Å². The molecule has 4 fully saturated rings. The number of hydrogen-bond acceptors (Lipinski definition) is 6. The number of carbonyl (C=O) groups excluding carboxylic acids is 1. The normalized spacial score (nSPS) is 36.2. The summed E-state index contributed by atoms with van der Waals surface area (Å²) in [7, 11) is -5.91. The van der Waals surface area contributed by atoms with Crippen molar-refractivity contribution < 1.29 is 40.8 Å². The number of fused-ring (bicyclic) bond motifs is 1. The monoisotopic (exact) mass is 682 g/mol. The van der Waals surface area contributed by atoms with Crippen LogP contribution in [-0.2, 0) is 31.0 Å². The molecule has 6 rings (SSSR count). The molecule has 1 spiro atoms. The van der Waals surface area contributed by atoms with Crippen LogP contribution in [-0.4, -0.2) is 35.6 Å². The van der Waals surface area contributed by atoms with Crippen LogP contribution in [0.5, 0.6) is 5.75 Å². The largest absolute Gasteiger partial charge is 0.465 e. The van der Waals surface area contributed by atoms with Crippen LogP contribution < -0.4 is 4.74 Å². The molecule has 7 nitrogen and oxygen atoms in total. The predicted molar refractivity (Wildman–Crippen MR) is 119 cm³/mol. The highest BCUT2D eigenvalue weighted by Gasteiger charge is 2.68. The highest BCUT2D eigenvalue weighted by atomic mass is 127. The van der Waals surface area contributed by atoms with E-state index in [1.165, 1.54) is 0 Å². The Balaban J connectivity index is 1.44. The summed E-state index contributed by atoms with van der Waals surface area (Å²) in [5, 5.41) is -5.00. The van der Waals surface area contributed by atoms with Gasteiger partial charge in [-0.1, -0.05) is 0 Å². The van der Waals surface area contributed by atoms with Gasteiger partial charge in [0.05, 0.1) is 10.2 Å². The molecule has 0 saturated heterocycles. The number of benzene rings is 1. The van der Waals surface area contributed by atoms with Crippen LogP contribution in [0.1, 0.15) is 37.7 Å². The van der Waals surface area contributed by atoms with Crippen molar-refractivity contribution in [2.45, 2.75) is 55.4 Å². The quantitative estimate of drug-likeness (QED) is 0.292. The van der Waals surface area contributed by atoms with Gasteiger partial charge < -0.3 is 14.2 Å². The first-order valence-electron chi connectivity index (χ1n) is 9.75. The summed E-state index contributed by atoms with van der Waals surface area (Å²) in [5.74, 6) is -2.61. The van der Waals surface area contributed by atoms with Gasteiger partial charge in [-0.2, -0.15) is 17.2 Å². The summed E-state index contributed by atoms with van der Waals surface area (Å²) in [5.41, 5.74) is -0.237. The van der Waals surface area contributed by atoms with Crippen LogP contribution in [0.15, 0.2) is 12.1 Å². The lowest BCUT2D eigenvalue weighted by molar-refractivity contribution is -0.338. The summed E-state index contributed by atoms with van der Waals surface area (Å²) in [6.45, 7) is 0.371. The SMILES string of the molecule is O=C(OC12CC3CC(C1)C1(OCc4c(I)ccc(I)c4O1)C(C3)C2)C(F)(F)S(=O)(=O)O. The minimum absolute atomic E-state index is 0.138. The lowest BCUT2D eigenvalue weighted by Crippen LogP contribution is -2.68. The van der Waals surface area contributed by atoms with E-state index in [9.17, 15) is 22.0 Å². The second-order valence-electron chi connectivity index (χ2n) is 8.86. The fourth-order valence-corrected chi connectivity index (χ4v) is 7.39. The maximum atomic E-state index is 13.8. The predicted octanol–water partition coefficient (Wildman–Crippen LogP) is 4.10. The topological polar surface area (TPSA) is 99.1 Å². The molecule has 0 radical (unpaired) electrons. The zero-order valence-corrected chi connectivity index (χ0v) is 21.1. The minimum atomic E-state index is -5.91. The third kappa shape index (κ3) is 3.33. The van der Waals surface area contributed by atoms with E-state index in [2.05, 4.69) is 45.2 Å². The number of ether oxygens (including phenoxy) is 3. The Labute approximate surface area is 204 Å². The Bertz CT molecular complexity index is 1060. The molecule has 12 heteroatoms. The van der Waals surface area contributed by atoms with E-state index in [-0.39, 0.29) is 30.6 Å². The van der Waals surface area contributed by atoms with Gasteiger partial charge in [0.15, 0.2) is 0 Å². The molecule has 4 saturated carbocycles. The summed E-state index contributed by atoms with van der Waals surface area (Å²) in [4.78, 5) is 12.0. The Morgan fingerprint density at radius 2 is 1.77 bits per heavy atom. The van der Waals surface area contributed by atoms with Crippen LogP contribution in [0, 0.1) is 24.9 Å². The van der Waals surface area contributed by atoms with Gasteiger partial charge >= 0.3 is 21.3 Å². The van der Waals surface area contributed by atoms with Gasteiger partial charge in [-0.3, -0.25) is 4.55 Å². The number of halogens is 4. The van der Waals surface area contributed by atoms with Crippen molar-refractivity contribution in [2.75, 3.05) is 0 Å². The average Bonchev–Trinajstić information content (AvgIpc) is 2.67. The van der Waals surface area contributed by atoms with E-state index in [1.807, 2.05) is 12.1 Å². The molecule has 1 aliphatic heterocycles. The minimum Gasteiger partial charge on any atom is -0.460 e. The number of esters is 1. The average molecular weight is 682 g/mol. The molecule has 5 aliphatic rings. The zero-order valence-electron chi connectivity index (χ0n) is 15.9. The smallest absolute Gasteiger partial charge is 0.460 e. The molecule has 1 N–H and O–H groups in total. The van der Waals surface area contributed by atoms with Crippen LogP contribution in [0.2, 0.25) is 0 Å². The second-order valence-corrected chi connectivity index (χ2v) is 12.6. The van der Waals surface area contributed by atoms with Gasteiger partial charge in [0.2, 0.25) is 5.79 Å². The van der Waals surface area contributed by atoms with Crippen LogP contribution in [0.3, 0.4) is 0 Å². The van der Waals surface area contributed by atoms with Crippen molar-refractivity contribution in [1.82, 2.24) is 0 Å². The van der Waals surface area contributed by atoms with Gasteiger partial charge in [0.25, 0.3) is 0 Å². The van der Waals surface area contributed by atoms with Crippen molar-refractivity contribution in [3.63, 3.8) is 0 Å². The van der Waals surface area contributed by atoms with E-state index in [0.717, 1.165) is 31.3 Å². The summed E-state index contributed by atoms with van der Waals surface area (Å²) >= 11 is 4.45. The van der Waals surface area contributed by atoms with Crippen molar-refractivity contribution in [1.29, 1.82) is 0 Å². The first-order valence-corrected chi connectivity index (χ1v) is 13.3. The number of carbonyl (C=O) groups is 1. The van der Waals surface area contributed by atoms with Crippen molar-refractivity contribution in [3.05, 3.63) is 24.8 Å². The summed E-state index contributed by atoms with van der Waals surface area (Å²) in [6.07, 6.45) is 2.36. The van der Waals surface area contributed by atoms with Gasteiger partial charge in [-0.25, -0.2) is 4.79 Å². The van der Waals surface area contributed by atoms with E-state index in [4.69, 9.17) is 18.8 Å². The van der Waals surface area contributed by atoms with Crippen LogP contribution in [0.4, 0.5) is 8.78 Å². The molecule has 170 valence electrons. The summed E-state index contributed by atoms with van der Waals surface area (Å²) < 4.78 is 78.3. The van der Waals surface area contributed by atoms with Crippen molar-refractivity contribution >= 4 is 61.3 Å². The van der Waals surface area contributed by atoms with Crippen molar-refractivity contribution in [3.8, 4) is 5.75 Å². The van der Waals surface area contributed by atoms with Crippen molar-refractivity contribution in [2.24, 2.45) is 17.8 Å². The highest BCUT2D eigenvalue weighted by molar-refractivity contribution is 14.1. The molecule has 0 aromatic heterocycles. The Kier molecular flexibility index (Phi) is 5.14. The van der Waals surface area contributed by atoms with E-state index in [0.29, 0.717) is 13.0 Å². The van der Waals surface area contributed by atoms with E-state index >= 15 is 0 Å². The Hall–Kier alpha value is -0.320.